The topological polar surface area (TPSA) is 38.3 Å². The van der Waals surface area contributed by atoms with Gasteiger partial charge in [-0.05, 0) is 72.5 Å². The molecule has 0 aliphatic heterocycles. The van der Waals surface area contributed by atoms with Crippen molar-refractivity contribution in [2.24, 2.45) is 0 Å². The third-order valence-electron chi connectivity index (χ3n) is 5.23. The Balaban J connectivity index is 1.54. The highest BCUT2D eigenvalue weighted by Gasteiger charge is 2.30. The normalized spacial score (nSPS) is 12.4. The monoisotopic (exact) mass is 469 g/mol. The highest BCUT2D eigenvalue weighted by Crippen LogP contribution is 2.34. The molecule has 0 saturated heterocycles. The summed E-state index contributed by atoms with van der Waals surface area (Å²) in [5, 5.41) is 5.01. The van der Waals surface area contributed by atoms with Crippen LogP contribution < -0.4 is 10.1 Å². The van der Waals surface area contributed by atoms with Crippen LogP contribution in [0.3, 0.4) is 0 Å². The maximum atomic E-state index is 12.8. The lowest BCUT2D eigenvalue weighted by atomic mass is 10.0. The van der Waals surface area contributed by atoms with Gasteiger partial charge in [0.2, 0.25) is 0 Å². The molecule has 0 heterocycles. The maximum absolute atomic E-state index is 12.8. The van der Waals surface area contributed by atoms with Crippen LogP contribution in [0.25, 0.3) is 10.8 Å². The van der Waals surface area contributed by atoms with E-state index in [1.165, 1.54) is 12.1 Å². The van der Waals surface area contributed by atoms with E-state index in [0.717, 1.165) is 28.5 Å². The minimum atomic E-state index is -4.40. The molecular weight excluding hydrogens is 451 g/mol. The summed E-state index contributed by atoms with van der Waals surface area (Å²) in [6.45, 7) is 1.86. The summed E-state index contributed by atoms with van der Waals surface area (Å²) in [6, 6.07) is 22.0. The van der Waals surface area contributed by atoms with Crippen LogP contribution in [0.15, 0.2) is 84.9 Å². The summed E-state index contributed by atoms with van der Waals surface area (Å²) in [7, 11) is 0. The number of hydrogen-bond acceptors (Lipinski definition) is 2. The zero-order chi connectivity index (χ0) is 23.6. The molecule has 0 radical (unpaired) electrons. The van der Waals surface area contributed by atoms with Crippen LogP contribution >= 0.6 is 11.6 Å². The lowest BCUT2D eigenvalue weighted by Gasteiger charge is -2.16. The Bertz CT molecular complexity index is 1300. The predicted molar refractivity (Wildman–Crippen MR) is 123 cm³/mol. The highest BCUT2D eigenvalue weighted by atomic mass is 35.5. The summed E-state index contributed by atoms with van der Waals surface area (Å²) in [6.07, 6.45) is -4.40. The van der Waals surface area contributed by atoms with E-state index in [9.17, 15) is 18.0 Å². The van der Waals surface area contributed by atoms with Crippen LogP contribution in [0.4, 0.5) is 13.2 Å². The number of amides is 1. The molecule has 0 aromatic heterocycles. The number of nitrogens with one attached hydrogen (secondary N) is 1. The molecule has 1 amide bonds. The smallest absolute Gasteiger partial charge is 0.416 e. The summed E-state index contributed by atoms with van der Waals surface area (Å²) in [4.78, 5) is 12.8. The molecule has 4 rings (SSSR count). The Kier molecular flexibility index (Phi) is 6.29. The number of carbonyl (C=O) groups is 1. The molecule has 0 aliphatic rings. The molecule has 0 unspecified atom stereocenters. The molecule has 0 bridgehead atoms. The molecule has 33 heavy (non-hydrogen) atoms. The van der Waals surface area contributed by atoms with Gasteiger partial charge < -0.3 is 10.1 Å². The van der Waals surface area contributed by atoms with Gasteiger partial charge in [0.15, 0.2) is 0 Å². The van der Waals surface area contributed by atoms with Gasteiger partial charge in [0.05, 0.1) is 11.6 Å². The lowest BCUT2D eigenvalue weighted by Crippen LogP contribution is -2.26. The van der Waals surface area contributed by atoms with Crippen LogP contribution in [0.2, 0.25) is 5.02 Å². The molecule has 3 nitrogen and oxygen atoms in total. The summed E-state index contributed by atoms with van der Waals surface area (Å²) in [5.41, 5.74) is 0.544. The number of fused-ring (bicyclic) bond motifs is 1. The van der Waals surface area contributed by atoms with E-state index in [4.69, 9.17) is 16.3 Å². The Hall–Kier alpha value is -3.51. The minimum Gasteiger partial charge on any atom is -0.457 e. The number of ether oxygens (including phenoxy) is 1. The molecule has 0 saturated carbocycles. The molecule has 0 fully saturated rings. The molecule has 1 atom stereocenters. The average Bonchev–Trinajstić information content (AvgIpc) is 2.79. The maximum Gasteiger partial charge on any atom is 0.416 e. The first-order valence-corrected chi connectivity index (χ1v) is 10.5. The van der Waals surface area contributed by atoms with Crippen LogP contribution in [0, 0.1) is 0 Å². The number of hydrogen-bond donors (Lipinski definition) is 1. The van der Waals surface area contributed by atoms with Crippen LogP contribution in [-0.4, -0.2) is 5.91 Å². The van der Waals surface area contributed by atoms with E-state index in [2.05, 4.69) is 5.32 Å². The number of rotatable bonds is 5. The van der Waals surface area contributed by atoms with Crippen molar-refractivity contribution in [3.05, 3.63) is 107 Å². The molecular formula is C26H19ClF3NO2. The van der Waals surface area contributed by atoms with Gasteiger partial charge in [0.1, 0.15) is 11.5 Å². The van der Waals surface area contributed by atoms with E-state index in [-0.39, 0.29) is 17.7 Å². The van der Waals surface area contributed by atoms with Gasteiger partial charge in [0, 0.05) is 16.0 Å². The molecule has 168 valence electrons. The van der Waals surface area contributed by atoms with Gasteiger partial charge in [-0.1, -0.05) is 41.9 Å². The van der Waals surface area contributed by atoms with Crippen molar-refractivity contribution < 1.29 is 22.7 Å². The Morgan fingerprint density at radius 1 is 0.939 bits per heavy atom. The van der Waals surface area contributed by atoms with Crippen molar-refractivity contribution in [1.29, 1.82) is 0 Å². The third-order valence-corrected chi connectivity index (χ3v) is 5.58. The zero-order valence-corrected chi connectivity index (χ0v) is 18.2. The van der Waals surface area contributed by atoms with Crippen molar-refractivity contribution in [3.63, 3.8) is 0 Å². The Morgan fingerprint density at radius 2 is 1.67 bits per heavy atom. The second kappa shape index (κ2) is 9.16. The fourth-order valence-electron chi connectivity index (χ4n) is 3.51. The van der Waals surface area contributed by atoms with Crippen LogP contribution in [0.1, 0.15) is 34.5 Å². The lowest BCUT2D eigenvalue weighted by molar-refractivity contribution is -0.137. The van der Waals surface area contributed by atoms with E-state index in [1.807, 2.05) is 31.2 Å². The third kappa shape index (κ3) is 5.12. The fourth-order valence-corrected chi connectivity index (χ4v) is 3.81. The van der Waals surface area contributed by atoms with Gasteiger partial charge >= 0.3 is 6.18 Å². The van der Waals surface area contributed by atoms with Crippen molar-refractivity contribution in [1.82, 2.24) is 5.32 Å². The van der Waals surface area contributed by atoms with Gasteiger partial charge in [0.25, 0.3) is 5.91 Å². The van der Waals surface area contributed by atoms with E-state index in [0.29, 0.717) is 16.3 Å². The molecule has 4 aromatic carbocycles. The van der Waals surface area contributed by atoms with Gasteiger partial charge in [-0.25, -0.2) is 0 Å². The molecule has 1 N–H and O–H groups in total. The Morgan fingerprint density at radius 3 is 2.36 bits per heavy atom. The summed E-state index contributed by atoms with van der Waals surface area (Å²) >= 11 is 6.22. The number of carbonyl (C=O) groups excluding carboxylic acids is 1. The second-order valence-electron chi connectivity index (χ2n) is 7.53. The first kappa shape index (κ1) is 22.7. The van der Waals surface area contributed by atoms with Crippen LogP contribution in [0.5, 0.6) is 11.5 Å². The van der Waals surface area contributed by atoms with Crippen LogP contribution in [-0.2, 0) is 6.18 Å². The summed E-state index contributed by atoms with van der Waals surface area (Å²) < 4.78 is 44.1. The average molecular weight is 470 g/mol. The molecule has 0 aliphatic carbocycles. The fraction of sp³-hybridized carbons (Fsp3) is 0.115. The quantitative estimate of drug-likeness (QED) is 0.324. The number of benzene rings is 4. The van der Waals surface area contributed by atoms with E-state index >= 15 is 0 Å². The van der Waals surface area contributed by atoms with Gasteiger partial charge in [-0.2, -0.15) is 13.2 Å². The first-order valence-electron chi connectivity index (χ1n) is 10.2. The van der Waals surface area contributed by atoms with E-state index in [1.54, 1.807) is 36.4 Å². The second-order valence-corrected chi connectivity index (χ2v) is 7.94. The van der Waals surface area contributed by atoms with Crippen molar-refractivity contribution in [2.75, 3.05) is 0 Å². The van der Waals surface area contributed by atoms with E-state index < -0.39 is 11.7 Å². The standard InChI is InChI=1S/C26H19ClF3NO2/c1-16(21-6-2-3-7-23(21)27)31-25(32)18-9-14-22-17(15-18)5-4-8-24(22)33-20-12-10-19(11-13-20)26(28,29)30/h2-16H,1H3,(H,31,32)/t16-/m1/s1. The minimum absolute atomic E-state index is 0.251. The largest absolute Gasteiger partial charge is 0.457 e. The highest BCUT2D eigenvalue weighted by molar-refractivity contribution is 6.31. The zero-order valence-electron chi connectivity index (χ0n) is 17.5. The van der Waals surface area contributed by atoms with Gasteiger partial charge in [-0.3, -0.25) is 4.79 Å². The molecule has 7 heteroatoms. The van der Waals surface area contributed by atoms with Crippen molar-refractivity contribution in [2.45, 2.75) is 19.1 Å². The molecule has 0 spiro atoms. The Labute approximate surface area is 193 Å². The predicted octanol–water partition coefficient (Wildman–Crippen LogP) is 7.80. The van der Waals surface area contributed by atoms with Crippen molar-refractivity contribution in [3.8, 4) is 11.5 Å². The SMILES string of the molecule is C[C@@H](NC(=O)c1ccc2c(Oc3ccc(C(F)(F)F)cc3)cccc2c1)c1ccccc1Cl. The summed E-state index contributed by atoms with van der Waals surface area (Å²) in [5.74, 6) is 0.507. The van der Waals surface area contributed by atoms with Crippen molar-refractivity contribution >= 4 is 28.3 Å². The number of alkyl halides is 3. The number of halogens is 4. The van der Waals surface area contributed by atoms with Gasteiger partial charge in [-0.15, -0.1) is 0 Å². The molecule has 4 aromatic rings. The first-order chi connectivity index (χ1) is 15.7.